The number of pyridine rings is 1. The van der Waals surface area contributed by atoms with Gasteiger partial charge in [0.1, 0.15) is 4.60 Å². The molecule has 76 valence electrons. The summed E-state index contributed by atoms with van der Waals surface area (Å²) in [6.45, 7) is 3.89. The average Bonchev–Trinajstić information content (AvgIpc) is 2.27. The smallest absolute Gasteiger partial charge is 0.108 e. The third-order valence-electron chi connectivity index (χ3n) is 2.52. The van der Waals surface area contributed by atoms with E-state index in [0.717, 1.165) is 19.5 Å². The highest BCUT2D eigenvalue weighted by Crippen LogP contribution is 2.23. The molecule has 1 fully saturated rings. The predicted octanol–water partition coefficient (Wildman–Crippen LogP) is 3.08. The van der Waals surface area contributed by atoms with Gasteiger partial charge in [0.15, 0.2) is 0 Å². The van der Waals surface area contributed by atoms with E-state index in [1.165, 1.54) is 6.42 Å². The van der Waals surface area contributed by atoms with Crippen LogP contribution in [0.4, 0.5) is 5.69 Å². The molecule has 0 N–H and O–H groups in total. The molecule has 1 unspecified atom stereocenters. The molecule has 0 bridgehead atoms. The zero-order chi connectivity index (χ0) is 12.6. The van der Waals surface area contributed by atoms with E-state index in [1.807, 2.05) is 4.90 Å². The normalized spacial score (nSPS) is 25.4. The van der Waals surface area contributed by atoms with Crippen LogP contribution >= 0.6 is 15.9 Å². The van der Waals surface area contributed by atoms with Crippen LogP contribution in [-0.2, 0) is 0 Å². The van der Waals surface area contributed by atoms with Crippen molar-refractivity contribution in [2.75, 3.05) is 18.0 Å². The van der Waals surface area contributed by atoms with E-state index in [-0.39, 0.29) is 18.3 Å². The lowest BCUT2D eigenvalue weighted by molar-refractivity contribution is 0.447. The molecule has 2 rings (SSSR count). The molecule has 2 heterocycles. The SMILES string of the molecule is [2H]c1nc(Br)c([2H])c(N2CCCC(C)C2)c1[2H]. The first-order valence-corrected chi connectivity index (χ1v) is 5.68. The number of hydrogen-bond acceptors (Lipinski definition) is 2. The van der Waals surface area contributed by atoms with Crippen LogP contribution in [0.25, 0.3) is 0 Å². The van der Waals surface area contributed by atoms with Gasteiger partial charge in [0.05, 0.1) is 4.11 Å². The van der Waals surface area contributed by atoms with Crippen molar-refractivity contribution in [1.29, 1.82) is 0 Å². The van der Waals surface area contributed by atoms with Crippen LogP contribution < -0.4 is 4.90 Å². The molecule has 1 aliphatic rings. The number of halogens is 1. The lowest BCUT2D eigenvalue weighted by Crippen LogP contribution is -2.34. The van der Waals surface area contributed by atoms with E-state index in [0.29, 0.717) is 16.2 Å². The van der Waals surface area contributed by atoms with E-state index in [4.69, 9.17) is 4.11 Å². The molecule has 1 aromatic heterocycles. The number of nitrogens with zero attached hydrogens (tertiary/aromatic N) is 2. The number of hydrogen-bond donors (Lipinski definition) is 0. The minimum atomic E-state index is -0.0684. The minimum absolute atomic E-state index is 0.0623. The molecule has 0 amide bonds. The van der Waals surface area contributed by atoms with Crippen LogP contribution in [0.2, 0.25) is 0 Å². The number of piperidine rings is 1. The summed E-state index contributed by atoms with van der Waals surface area (Å²) in [6.07, 6.45) is 2.20. The van der Waals surface area contributed by atoms with E-state index in [9.17, 15) is 0 Å². The quantitative estimate of drug-likeness (QED) is 0.719. The van der Waals surface area contributed by atoms with Crippen LogP contribution in [0.15, 0.2) is 22.9 Å². The fourth-order valence-electron chi connectivity index (χ4n) is 1.84. The van der Waals surface area contributed by atoms with Gasteiger partial charge < -0.3 is 4.90 Å². The van der Waals surface area contributed by atoms with Gasteiger partial charge in [0.2, 0.25) is 0 Å². The summed E-state index contributed by atoms with van der Waals surface area (Å²) in [4.78, 5) is 5.87. The fourth-order valence-corrected chi connectivity index (χ4v) is 2.11. The molecule has 0 radical (unpaired) electrons. The summed E-state index contributed by atoms with van der Waals surface area (Å²) in [6, 6.07) is 0.285. The predicted molar refractivity (Wildman–Crippen MR) is 62.5 cm³/mol. The van der Waals surface area contributed by atoms with Crippen molar-refractivity contribution in [3.63, 3.8) is 0 Å². The summed E-state index contributed by atoms with van der Waals surface area (Å²) < 4.78 is 23.9. The second kappa shape index (κ2) is 4.30. The average molecular weight is 258 g/mol. The zero-order valence-electron chi connectivity index (χ0n) is 11.2. The topological polar surface area (TPSA) is 16.1 Å². The number of anilines is 1. The zero-order valence-corrected chi connectivity index (χ0v) is 9.76. The molecule has 1 aliphatic heterocycles. The van der Waals surface area contributed by atoms with Crippen LogP contribution in [-0.4, -0.2) is 18.1 Å². The summed E-state index contributed by atoms with van der Waals surface area (Å²) in [5.41, 5.74) is 0.545. The Morgan fingerprint density at radius 3 is 3.36 bits per heavy atom. The molecule has 0 spiro atoms. The maximum absolute atomic E-state index is 7.98. The van der Waals surface area contributed by atoms with Gasteiger partial charge in [-0.3, -0.25) is 0 Å². The third-order valence-corrected chi connectivity index (χ3v) is 2.90. The van der Waals surface area contributed by atoms with Crippen LogP contribution in [0.5, 0.6) is 0 Å². The van der Waals surface area contributed by atoms with Crippen LogP contribution in [0.3, 0.4) is 0 Å². The maximum atomic E-state index is 7.98. The highest BCUT2D eigenvalue weighted by Gasteiger charge is 2.16. The molecule has 1 aromatic rings. The third kappa shape index (κ3) is 2.27. The molecule has 1 atom stereocenters. The van der Waals surface area contributed by atoms with E-state index in [2.05, 4.69) is 27.8 Å². The van der Waals surface area contributed by atoms with Gasteiger partial charge in [-0.05, 0) is 46.8 Å². The first kappa shape index (κ1) is 6.83. The maximum Gasteiger partial charge on any atom is 0.108 e. The largest absolute Gasteiger partial charge is 0.371 e. The first-order chi connectivity index (χ1) is 8.00. The van der Waals surface area contributed by atoms with Gasteiger partial charge in [-0.2, -0.15) is 0 Å². The van der Waals surface area contributed by atoms with E-state index < -0.39 is 0 Å². The van der Waals surface area contributed by atoms with Crippen LogP contribution in [0, 0.1) is 5.92 Å². The molecule has 2 nitrogen and oxygen atoms in total. The standard InChI is InChI=1S/C11H15BrN2/c1-9-3-2-6-14(8-9)10-4-5-13-11(12)7-10/h4-5,7,9H,2-3,6,8H2,1H3/i4D,5D,7D. The van der Waals surface area contributed by atoms with Crippen molar-refractivity contribution in [3.05, 3.63) is 22.9 Å². The molecular formula is C11H15BrN2. The second-order valence-corrected chi connectivity index (χ2v) is 4.56. The number of aromatic nitrogens is 1. The highest BCUT2D eigenvalue weighted by atomic mass is 79.9. The summed E-state index contributed by atoms with van der Waals surface area (Å²) >= 11 is 3.18. The van der Waals surface area contributed by atoms with Gasteiger partial charge in [-0.15, -0.1) is 0 Å². The van der Waals surface area contributed by atoms with Crippen molar-refractivity contribution >= 4 is 21.6 Å². The van der Waals surface area contributed by atoms with Crippen molar-refractivity contribution in [2.24, 2.45) is 5.92 Å². The molecular weight excluding hydrogens is 240 g/mol. The Kier molecular flexibility index (Phi) is 2.10. The lowest BCUT2D eigenvalue weighted by atomic mass is 10.00. The molecule has 14 heavy (non-hydrogen) atoms. The van der Waals surface area contributed by atoms with E-state index >= 15 is 0 Å². The Balaban J connectivity index is 2.43. The van der Waals surface area contributed by atoms with Gasteiger partial charge in [-0.25, -0.2) is 4.98 Å². The van der Waals surface area contributed by atoms with Crippen molar-refractivity contribution in [2.45, 2.75) is 19.8 Å². The Morgan fingerprint density at radius 1 is 1.71 bits per heavy atom. The van der Waals surface area contributed by atoms with Crippen molar-refractivity contribution in [1.82, 2.24) is 4.98 Å². The van der Waals surface area contributed by atoms with Gasteiger partial charge >= 0.3 is 0 Å². The minimum Gasteiger partial charge on any atom is -0.371 e. The summed E-state index contributed by atoms with van der Waals surface area (Å²) in [7, 11) is 0. The first-order valence-electron chi connectivity index (χ1n) is 6.39. The Labute approximate surface area is 97.7 Å². The van der Waals surface area contributed by atoms with Gasteiger partial charge in [0, 0.05) is 24.9 Å². The molecule has 0 aromatic carbocycles. The Hall–Kier alpha value is -0.570. The van der Waals surface area contributed by atoms with Gasteiger partial charge in [-0.1, -0.05) is 6.92 Å². The monoisotopic (exact) mass is 257 g/mol. The summed E-state index contributed by atoms with van der Waals surface area (Å²) in [5, 5.41) is 0. The lowest BCUT2D eigenvalue weighted by Gasteiger charge is -2.32. The summed E-state index contributed by atoms with van der Waals surface area (Å²) in [5.74, 6) is 0.573. The molecule has 0 aliphatic carbocycles. The van der Waals surface area contributed by atoms with Gasteiger partial charge in [0.25, 0.3) is 0 Å². The van der Waals surface area contributed by atoms with E-state index in [1.54, 1.807) is 0 Å². The molecule has 1 saturated heterocycles. The fraction of sp³-hybridized carbons (Fsp3) is 0.545. The van der Waals surface area contributed by atoms with Crippen molar-refractivity contribution in [3.8, 4) is 0 Å². The molecule has 0 saturated carbocycles. The number of rotatable bonds is 1. The Morgan fingerprint density at radius 2 is 2.57 bits per heavy atom. The van der Waals surface area contributed by atoms with Crippen LogP contribution in [0.1, 0.15) is 23.9 Å². The molecule has 3 heteroatoms. The Bertz CT molecular complexity index is 413. The van der Waals surface area contributed by atoms with Crippen molar-refractivity contribution < 1.29 is 4.11 Å². The highest BCUT2D eigenvalue weighted by molar-refractivity contribution is 9.10. The second-order valence-electron chi connectivity index (χ2n) is 3.81.